The van der Waals surface area contributed by atoms with Gasteiger partial charge < -0.3 is 9.84 Å². The van der Waals surface area contributed by atoms with Crippen LogP contribution in [-0.2, 0) is 14.3 Å². The van der Waals surface area contributed by atoms with Crippen LogP contribution in [0.1, 0.15) is 12.8 Å². The number of hydrogen-bond donors (Lipinski definition) is 1. The Labute approximate surface area is 118 Å². The van der Waals surface area contributed by atoms with E-state index >= 15 is 0 Å². The molecule has 2 aliphatic rings. The van der Waals surface area contributed by atoms with Crippen molar-refractivity contribution in [3.63, 3.8) is 0 Å². The van der Waals surface area contributed by atoms with Crippen molar-refractivity contribution in [2.45, 2.75) is 19.1 Å². The maximum atomic E-state index is 11.9. The zero-order valence-corrected chi connectivity index (χ0v) is 10.9. The molecule has 0 aromatic heterocycles. The summed E-state index contributed by atoms with van der Waals surface area (Å²) in [5.41, 5.74) is -1.03. The van der Waals surface area contributed by atoms with E-state index in [2.05, 4.69) is 0 Å². The first kappa shape index (κ1) is 14.9. The molecular weight excluding hydrogens is 284 g/mol. The smallest absolute Gasteiger partial charge is 0.450 e. The fraction of sp³-hybridized carbons (Fsp3) is 0.417. The van der Waals surface area contributed by atoms with Gasteiger partial charge in [-0.1, -0.05) is 0 Å². The molecule has 0 saturated carbocycles. The molecule has 9 nitrogen and oxygen atoms in total. The summed E-state index contributed by atoms with van der Waals surface area (Å²) in [7, 11) is 0. The number of rotatable bonds is 4. The van der Waals surface area contributed by atoms with Crippen molar-refractivity contribution in [2.24, 2.45) is 0 Å². The molecule has 1 fully saturated rings. The minimum Gasteiger partial charge on any atom is -0.450 e. The Morgan fingerprint density at radius 2 is 1.90 bits per heavy atom. The van der Waals surface area contributed by atoms with Crippen LogP contribution in [0.4, 0.5) is 4.79 Å². The Kier molecular flexibility index (Phi) is 4.13. The second kappa shape index (κ2) is 5.83. The number of likely N-dealkylation sites (tertiary alicyclic amines) is 1. The van der Waals surface area contributed by atoms with Gasteiger partial charge in [0.05, 0.1) is 16.6 Å². The number of ketones is 2. The Bertz CT molecular complexity index is 572. The molecule has 112 valence electrons. The fourth-order valence-corrected chi connectivity index (χ4v) is 2.31. The second-order valence-electron chi connectivity index (χ2n) is 4.59. The highest BCUT2D eigenvalue weighted by molar-refractivity contribution is 6.19. The lowest BCUT2D eigenvalue weighted by molar-refractivity contribution is -0.418. The molecule has 0 spiro atoms. The summed E-state index contributed by atoms with van der Waals surface area (Å²) in [6.07, 6.45) is 0.205. The number of ether oxygens (including phenoxy) is 1. The number of nitrogens with zero attached hydrogens (tertiary/aromatic N) is 2. The van der Waals surface area contributed by atoms with Gasteiger partial charge in [0, 0.05) is 19.2 Å². The minimum atomic E-state index is -1.59. The summed E-state index contributed by atoms with van der Waals surface area (Å²) in [4.78, 5) is 45.6. The summed E-state index contributed by atoms with van der Waals surface area (Å²) in [6, 6.07) is 0. The standard InChI is InChI=1S/C12H12N2O7/c15-9-6-8(14(19)20)10(16)5-7(9)11(21-12(17)18)13-3-1-2-4-13/h5-6,11H,1-4H2,(H,17,18). The van der Waals surface area contributed by atoms with Gasteiger partial charge >= 0.3 is 11.9 Å². The Morgan fingerprint density at radius 3 is 2.43 bits per heavy atom. The highest BCUT2D eigenvalue weighted by atomic mass is 16.7. The molecule has 0 radical (unpaired) electrons. The lowest BCUT2D eigenvalue weighted by atomic mass is 9.99. The van der Waals surface area contributed by atoms with Gasteiger partial charge in [0.25, 0.3) is 5.78 Å². The van der Waals surface area contributed by atoms with Gasteiger partial charge in [0.15, 0.2) is 12.0 Å². The minimum absolute atomic E-state index is 0.199. The highest BCUT2D eigenvalue weighted by Gasteiger charge is 2.37. The van der Waals surface area contributed by atoms with E-state index in [1.54, 1.807) is 4.90 Å². The molecule has 1 aliphatic carbocycles. The first-order valence-corrected chi connectivity index (χ1v) is 6.20. The van der Waals surface area contributed by atoms with Gasteiger partial charge in [-0.2, -0.15) is 0 Å². The van der Waals surface area contributed by atoms with Crippen LogP contribution in [0.25, 0.3) is 0 Å². The summed E-state index contributed by atoms with van der Waals surface area (Å²) in [5, 5.41) is 19.4. The predicted octanol–water partition coefficient (Wildman–Crippen LogP) is 0.342. The molecule has 0 bridgehead atoms. The van der Waals surface area contributed by atoms with E-state index in [0.29, 0.717) is 19.2 Å². The summed E-state index contributed by atoms with van der Waals surface area (Å²) < 4.78 is 4.69. The molecule has 1 unspecified atom stereocenters. The van der Waals surface area contributed by atoms with Gasteiger partial charge in [-0.15, -0.1) is 0 Å². The van der Waals surface area contributed by atoms with E-state index in [9.17, 15) is 24.5 Å². The third-order valence-electron chi connectivity index (χ3n) is 3.24. The monoisotopic (exact) mass is 296 g/mol. The number of carboxylic acid groups (broad SMARTS) is 1. The van der Waals surface area contributed by atoms with Gasteiger partial charge in [0.2, 0.25) is 0 Å². The zero-order valence-electron chi connectivity index (χ0n) is 10.9. The molecule has 1 heterocycles. The normalized spacial score (nSPS) is 20.8. The third kappa shape index (κ3) is 3.14. The number of carbonyl (C=O) groups excluding carboxylic acids is 2. The van der Waals surface area contributed by atoms with Gasteiger partial charge in [-0.05, 0) is 12.8 Å². The lowest BCUT2D eigenvalue weighted by Crippen LogP contribution is -2.41. The Balaban J connectivity index is 2.30. The SMILES string of the molecule is O=C(O)OC(C1=CC(=O)C([N+](=O)[O-])=CC1=O)N1CCCC1. The van der Waals surface area contributed by atoms with Gasteiger partial charge in [-0.25, -0.2) is 4.79 Å². The Hall–Kier alpha value is -2.55. The molecule has 1 aliphatic heterocycles. The number of nitro groups is 1. The van der Waals surface area contributed by atoms with Crippen LogP contribution in [0.15, 0.2) is 23.4 Å². The van der Waals surface area contributed by atoms with Crippen LogP contribution in [-0.4, -0.2) is 52.0 Å². The number of carbonyl (C=O) groups is 3. The third-order valence-corrected chi connectivity index (χ3v) is 3.24. The number of allylic oxidation sites excluding steroid dienone is 2. The molecule has 21 heavy (non-hydrogen) atoms. The Morgan fingerprint density at radius 1 is 1.29 bits per heavy atom. The van der Waals surface area contributed by atoms with E-state index in [-0.39, 0.29) is 5.57 Å². The van der Waals surface area contributed by atoms with E-state index < -0.39 is 34.6 Å². The molecule has 1 saturated heterocycles. The summed E-state index contributed by atoms with van der Waals surface area (Å²) in [5.74, 6) is -1.74. The number of hydrogen-bond acceptors (Lipinski definition) is 7. The summed E-state index contributed by atoms with van der Waals surface area (Å²) >= 11 is 0. The molecular formula is C12H12N2O7. The average Bonchev–Trinajstić information content (AvgIpc) is 2.91. The lowest BCUT2D eigenvalue weighted by Gasteiger charge is -2.27. The molecule has 0 amide bonds. The quantitative estimate of drug-likeness (QED) is 0.340. The molecule has 1 atom stereocenters. The van der Waals surface area contributed by atoms with Crippen molar-refractivity contribution in [3.05, 3.63) is 33.5 Å². The van der Waals surface area contributed by atoms with Crippen LogP contribution in [0.5, 0.6) is 0 Å². The first-order chi connectivity index (χ1) is 9.90. The van der Waals surface area contributed by atoms with Crippen molar-refractivity contribution >= 4 is 17.7 Å². The maximum Gasteiger partial charge on any atom is 0.507 e. The molecule has 9 heteroatoms. The van der Waals surface area contributed by atoms with Crippen molar-refractivity contribution in [1.29, 1.82) is 0 Å². The molecule has 1 N–H and O–H groups in total. The van der Waals surface area contributed by atoms with Crippen LogP contribution < -0.4 is 0 Å². The van der Waals surface area contributed by atoms with Crippen molar-refractivity contribution in [1.82, 2.24) is 4.90 Å². The fourth-order valence-electron chi connectivity index (χ4n) is 2.31. The van der Waals surface area contributed by atoms with Gasteiger partial charge in [0.1, 0.15) is 0 Å². The van der Waals surface area contributed by atoms with Crippen LogP contribution >= 0.6 is 0 Å². The maximum absolute atomic E-state index is 11.9. The van der Waals surface area contributed by atoms with E-state index in [0.717, 1.165) is 18.9 Å². The van der Waals surface area contributed by atoms with Crippen molar-refractivity contribution in [3.8, 4) is 0 Å². The van der Waals surface area contributed by atoms with E-state index in [1.165, 1.54) is 0 Å². The van der Waals surface area contributed by atoms with E-state index in [1.807, 2.05) is 0 Å². The van der Waals surface area contributed by atoms with Crippen LogP contribution in [0.2, 0.25) is 0 Å². The van der Waals surface area contributed by atoms with Gasteiger partial charge in [-0.3, -0.25) is 24.6 Å². The van der Waals surface area contributed by atoms with Crippen molar-refractivity contribution < 1.29 is 29.2 Å². The first-order valence-electron chi connectivity index (χ1n) is 6.20. The molecule has 0 aromatic carbocycles. The summed E-state index contributed by atoms with van der Waals surface area (Å²) in [6.45, 7) is 1.03. The van der Waals surface area contributed by atoms with Crippen LogP contribution in [0.3, 0.4) is 0 Å². The molecule has 2 rings (SSSR count). The topological polar surface area (TPSA) is 127 Å². The average molecular weight is 296 g/mol. The van der Waals surface area contributed by atoms with Crippen LogP contribution in [0, 0.1) is 10.1 Å². The zero-order chi connectivity index (χ0) is 15.6. The van der Waals surface area contributed by atoms with Crippen molar-refractivity contribution in [2.75, 3.05) is 13.1 Å². The predicted molar refractivity (Wildman–Crippen MR) is 66.9 cm³/mol. The second-order valence-corrected chi connectivity index (χ2v) is 4.59. The van der Waals surface area contributed by atoms with E-state index in [4.69, 9.17) is 9.84 Å². The molecule has 0 aromatic rings. The highest BCUT2D eigenvalue weighted by Crippen LogP contribution is 2.23. The largest absolute Gasteiger partial charge is 0.507 e.